The number of hydrogen-bond donors (Lipinski definition) is 2. The van der Waals surface area contributed by atoms with E-state index in [-0.39, 0.29) is 24.8 Å². The number of carboxylic acid groups (broad SMARTS) is 1. The molecule has 6 heteroatoms. The Bertz CT molecular complexity index is 434. The van der Waals surface area contributed by atoms with E-state index >= 15 is 0 Å². The zero-order valence-corrected chi connectivity index (χ0v) is 10.7. The van der Waals surface area contributed by atoms with Crippen LogP contribution in [0.5, 0.6) is 0 Å². The van der Waals surface area contributed by atoms with Crippen LogP contribution in [0.3, 0.4) is 0 Å². The highest BCUT2D eigenvalue weighted by Crippen LogP contribution is 2.08. The molecule has 0 spiro atoms. The molecule has 0 aromatic heterocycles. The lowest BCUT2D eigenvalue weighted by Gasteiger charge is -2.18. The third-order valence-electron chi connectivity index (χ3n) is 2.39. The Kier molecular flexibility index (Phi) is 5.95. The van der Waals surface area contributed by atoms with Crippen LogP contribution in [-0.2, 0) is 9.59 Å². The Morgan fingerprint density at radius 3 is 2.42 bits per heavy atom. The number of halogens is 1. The molecule has 0 fully saturated rings. The quantitative estimate of drug-likeness (QED) is 0.787. The fraction of sp³-hybridized carbons (Fsp3) is 0.385. The highest BCUT2D eigenvalue weighted by atomic mass is 19.1. The molecular weight excluding hydrogens is 251 g/mol. The van der Waals surface area contributed by atoms with Crippen molar-refractivity contribution in [2.75, 3.05) is 25.0 Å². The van der Waals surface area contributed by atoms with Crippen molar-refractivity contribution in [3.63, 3.8) is 0 Å². The lowest BCUT2D eigenvalue weighted by atomic mass is 10.3. The van der Waals surface area contributed by atoms with Crippen LogP contribution >= 0.6 is 0 Å². The summed E-state index contributed by atoms with van der Waals surface area (Å²) in [6, 6.07) is 5.40. The number of anilines is 1. The number of amides is 1. The lowest BCUT2D eigenvalue weighted by molar-refractivity contribution is -0.138. The minimum Gasteiger partial charge on any atom is -0.480 e. The lowest BCUT2D eigenvalue weighted by Crippen LogP contribution is -2.37. The summed E-state index contributed by atoms with van der Waals surface area (Å²) in [6.07, 6.45) is 0.761. The molecule has 2 N–H and O–H groups in total. The van der Waals surface area contributed by atoms with Crippen molar-refractivity contribution in [2.45, 2.75) is 13.3 Å². The molecule has 1 amide bonds. The van der Waals surface area contributed by atoms with Gasteiger partial charge in [-0.2, -0.15) is 0 Å². The number of benzene rings is 1. The minimum absolute atomic E-state index is 0.00246. The molecule has 1 aromatic carbocycles. The van der Waals surface area contributed by atoms with E-state index in [9.17, 15) is 14.0 Å². The van der Waals surface area contributed by atoms with E-state index in [1.165, 1.54) is 24.3 Å². The summed E-state index contributed by atoms with van der Waals surface area (Å²) in [5.74, 6) is -1.67. The van der Waals surface area contributed by atoms with Crippen molar-refractivity contribution in [3.8, 4) is 0 Å². The summed E-state index contributed by atoms with van der Waals surface area (Å²) >= 11 is 0. The molecule has 0 saturated heterocycles. The molecule has 0 saturated carbocycles. The molecule has 0 aliphatic carbocycles. The Morgan fingerprint density at radius 2 is 1.89 bits per heavy atom. The highest BCUT2D eigenvalue weighted by molar-refractivity contribution is 5.92. The van der Waals surface area contributed by atoms with Gasteiger partial charge >= 0.3 is 5.97 Å². The molecule has 0 bridgehead atoms. The van der Waals surface area contributed by atoms with E-state index in [1.807, 2.05) is 6.92 Å². The highest BCUT2D eigenvalue weighted by Gasteiger charge is 2.13. The van der Waals surface area contributed by atoms with E-state index < -0.39 is 5.97 Å². The molecule has 0 radical (unpaired) electrons. The third-order valence-corrected chi connectivity index (χ3v) is 2.39. The van der Waals surface area contributed by atoms with Crippen LogP contribution in [0, 0.1) is 5.82 Å². The molecule has 1 aromatic rings. The van der Waals surface area contributed by atoms with Gasteiger partial charge in [-0.3, -0.25) is 14.5 Å². The summed E-state index contributed by atoms with van der Waals surface area (Å²) in [4.78, 5) is 23.9. The number of nitrogens with one attached hydrogen (secondary N) is 1. The molecule has 0 heterocycles. The second-order valence-electron chi connectivity index (χ2n) is 4.16. The second kappa shape index (κ2) is 7.48. The predicted molar refractivity (Wildman–Crippen MR) is 69.4 cm³/mol. The van der Waals surface area contributed by atoms with Gasteiger partial charge in [0, 0.05) is 5.69 Å². The Hall–Kier alpha value is -1.95. The molecular formula is C13H17FN2O3. The zero-order valence-electron chi connectivity index (χ0n) is 10.7. The first-order chi connectivity index (χ1) is 9.01. The van der Waals surface area contributed by atoms with Crippen LogP contribution in [-0.4, -0.2) is 41.5 Å². The smallest absolute Gasteiger partial charge is 0.317 e. The largest absolute Gasteiger partial charge is 0.480 e. The maximum Gasteiger partial charge on any atom is 0.317 e. The molecule has 0 aliphatic rings. The molecule has 5 nitrogen and oxygen atoms in total. The predicted octanol–water partition coefficient (Wildman–Crippen LogP) is 1.56. The minimum atomic E-state index is -0.969. The van der Waals surface area contributed by atoms with Crippen LogP contribution in [0.4, 0.5) is 10.1 Å². The van der Waals surface area contributed by atoms with Gasteiger partial charge in [-0.05, 0) is 37.2 Å². The van der Waals surface area contributed by atoms with Crippen molar-refractivity contribution >= 4 is 17.6 Å². The topological polar surface area (TPSA) is 69.6 Å². The van der Waals surface area contributed by atoms with Crippen LogP contribution in [0.1, 0.15) is 13.3 Å². The van der Waals surface area contributed by atoms with E-state index in [0.29, 0.717) is 12.2 Å². The van der Waals surface area contributed by atoms with Crippen LogP contribution in [0.25, 0.3) is 0 Å². The number of carbonyl (C=O) groups excluding carboxylic acids is 1. The number of carboxylic acids is 1. The van der Waals surface area contributed by atoms with Gasteiger partial charge in [0.25, 0.3) is 0 Å². The van der Waals surface area contributed by atoms with Crippen molar-refractivity contribution in [3.05, 3.63) is 30.1 Å². The van der Waals surface area contributed by atoms with Crippen LogP contribution in [0.2, 0.25) is 0 Å². The van der Waals surface area contributed by atoms with Gasteiger partial charge in [0.15, 0.2) is 0 Å². The number of hydrogen-bond acceptors (Lipinski definition) is 3. The maximum absolute atomic E-state index is 12.7. The van der Waals surface area contributed by atoms with Gasteiger partial charge in [-0.15, -0.1) is 0 Å². The molecule has 1 rings (SSSR count). The molecule has 104 valence electrons. The Labute approximate surface area is 111 Å². The number of aliphatic carboxylic acids is 1. The van der Waals surface area contributed by atoms with Crippen molar-refractivity contribution in [1.82, 2.24) is 4.90 Å². The van der Waals surface area contributed by atoms with E-state index in [0.717, 1.165) is 6.42 Å². The van der Waals surface area contributed by atoms with Gasteiger partial charge < -0.3 is 10.4 Å². The maximum atomic E-state index is 12.7. The molecule has 19 heavy (non-hydrogen) atoms. The summed E-state index contributed by atoms with van der Waals surface area (Å²) in [5.41, 5.74) is 0.484. The first kappa shape index (κ1) is 15.1. The first-order valence-electron chi connectivity index (χ1n) is 6.01. The van der Waals surface area contributed by atoms with Gasteiger partial charge in [-0.25, -0.2) is 4.39 Å². The van der Waals surface area contributed by atoms with Gasteiger partial charge in [0.2, 0.25) is 5.91 Å². The Balaban J connectivity index is 2.52. The van der Waals surface area contributed by atoms with E-state index in [1.54, 1.807) is 4.90 Å². The van der Waals surface area contributed by atoms with Gasteiger partial charge in [-0.1, -0.05) is 6.92 Å². The number of rotatable bonds is 7. The van der Waals surface area contributed by atoms with E-state index in [4.69, 9.17) is 5.11 Å². The third kappa shape index (κ3) is 5.96. The fourth-order valence-electron chi connectivity index (χ4n) is 1.66. The molecule has 0 unspecified atom stereocenters. The summed E-state index contributed by atoms with van der Waals surface area (Å²) in [7, 11) is 0. The van der Waals surface area contributed by atoms with E-state index in [2.05, 4.69) is 5.32 Å². The second-order valence-corrected chi connectivity index (χ2v) is 4.16. The Morgan fingerprint density at radius 1 is 1.26 bits per heavy atom. The standard InChI is InChI=1S/C13H17FN2O3/c1-2-7-16(9-13(18)19)8-12(17)15-11-5-3-10(14)4-6-11/h3-6H,2,7-9H2,1H3,(H,15,17)(H,18,19). The number of carbonyl (C=O) groups is 2. The fourth-order valence-corrected chi connectivity index (χ4v) is 1.66. The first-order valence-corrected chi connectivity index (χ1v) is 6.01. The molecule has 0 aliphatic heterocycles. The van der Waals surface area contributed by atoms with Gasteiger partial charge in [0.1, 0.15) is 5.82 Å². The average Bonchev–Trinajstić information content (AvgIpc) is 2.31. The van der Waals surface area contributed by atoms with Crippen molar-refractivity contribution < 1.29 is 19.1 Å². The van der Waals surface area contributed by atoms with Crippen LogP contribution in [0.15, 0.2) is 24.3 Å². The zero-order chi connectivity index (χ0) is 14.3. The van der Waals surface area contributed by atoms with Gasteiger partial charge in [0.05, 0.1) is 13.1 Å². The number of nitrogens with zero attached hydrogens (tertiary/aromatic N) is 1. The van der Waals surface area contributed by atoms with Crippen molar-refractivity contribution in [2.24, 2.45) is 0 Å². The van der Waals surface area contributed by atoms with Crippen LogP contribution < -0.4 is 5.32 Å². The molecule has 0 atom stereocenters. The normalized spacial score (nSPS) is 10.5. The SMILES string of the molecule is CCCN(CC(=O)O)CC(=O)Nc1ccc(F)cc1. The summed E-state index contributed by atoms with van der Waals surface area (Å²) in [5, 5.41) is 11.3. The average molecular weight is 268 g/mol. The summed E-state index contributed by atoms with van der Waals surface area (Å²) < 4.78 is 12.7. The summed E-state index contributed by atoms with van der Waals surface area (Å²) in [6.45, 7) is 2.26. The monoisotopic (exact) mass is 268 g/mol. The van der Waals surface area contributed by atoms with Crippen molar-refractivity contribution in [1.29, 1.82) is 0 Å².